The number of benzene rings is 2. The number of amides is 1. The lowest BCUT2D eigenvalue weighted by Crippen LogP contribution is -2.40. The van der Waals surface area contributed by atoms with Crippen LogP contribution in [0.15, 0.2) is 53.4 Å². The summed E-state index contributed by atoms with van der Waals surface area (Å²) < 4.78 is 32.6. The first kappa shape index (κ1) is 20.3. The van der Waals surface area contributed by atoms with E-state index < -0.39 is 10.0 Å². The SMILES string of the molecule is Cc1ccc(NC(=O)CN(C)c2ccccc2)cc1S(=O)(=O)N1CCOCC1. The van der Waals surface area contributed by atoms with Crippen molar-refractivity contribution in [2.45, 2.75) is 11.8 Å². The van der Waals surface area contributed by atoms with Gasteiger partial charge in [-0.05, 0) is 36.8 Å². The van der Waals surface area contributed by atoms with E-state index in [0.29, 0.717) is 37.6 Å². The second-order valence-corrected chi connectivity index (χ2v) is 8.64. The molecule has 0 radical (unpaired) electrons. The molecule has 0 aliphatic carbocycles. The van der Waals surface area contributed by atoms with Gasteiger partial charge in [0, 0.05) is 31.5 Å². The Morgan fingerprint density at radius 1 is 1.14 bits per heavy atom. The van der Waals surface area contributed by atoms with Gasteiger partial charge in [-0.15, -0.1) is 0 Å². The molecule has 1 aliphatic rings. The molecule has 0 unspecified atom stereocenters. The van der Waals surface area contributed by atoms with Crippen LogP contribution in [0.2, 0.25) is 0 Å². The van der Waals surface area contributed by atoms with Gasteiger partial charge in [-0.25, -0.2) is 8.42 Å². The van der Waals surface area contributed by atoms with E-state index in [4.69, 9.17) is 4.74 Å². The number of likely N-dealkylation sites (N-methyl/N-ethyl adjacent to an activating group) is 1. The largest absolute Gasteiger partial charge is 0.379 e. The molecule has 8 heteroatoms. The van der Waals surface area contributed by atoms with Gasteiger partial charge in [0.1, 0.15) is 0 Å². The second-order valence-electron chi connectivity index (χ2n) is 6.74. The normalized spacial score (nSPS) is 15.2. The van der Waals surface area contributed by atoms with Crippen molar-refractivity contribution in [3.63, 3.8) is 0 Å². The molecule has 1 heterocycles. The van der Waals surface area contributed by atoms with Crippen molar-refractivity contribution in [1.82, 2.24) is 4.31 Å². The van der Waals surface area contributed by atoms with Crippen molar-refractivity contribution >= 4 is 27.3 Å². The van der Waals surface area contributed by atoms with Crippen molar-refractivity contribution in [3.8, 4) is 0 Å². The van der Waals surface area contributed by atoms with Crippen LogP contribution in [0.3, 0.4) is 0 Å². The average Bonchev–Trinajstić information content (AvgIpc) is 2.70. The number of morpholine rings is 1. The number of hydrogen-bond donors (Lipinski definition) is 1. The van der Waals surface area contributed by atoms with E-state index in [2.05, 4.69) is 5.32 Å². The number of para-hydroxylation sites is 1. The third-order valence-corrected chi connectivity index (χ3v) is 6.68. The monoisotopic (exact) mass is 403 g/mol. The fourth-order valence-electron chi connectivity index (χ4n) is 3.07. The Balaban J connectivity index is 1.73. The van der Waals surface area contributed by atoms with Gasteiger partial charge in [0.15, 0.2) is 0 Å². The van der Waals surface area contributed by atoms with Crippen LogP contribution in [-0.2, 0) is 19.6 Å². The van der Waals surface area contributed by atoms with Gasteiger partial charge in [0.05, 0.1) is 24.7 Å². The van der Waals surface area contributed by atoms with E-state index in [9.17, 15) is 13.2 Å². The molecule has 0 aromatic heterocycles. The molecule has 1 aliphatic heterocycles. The summed E-state index contributed by atoms with van der Waals surface area (Å²) in [6.07, 6.45) is 0. The molecule has 1 saturated heterocycles. The molecule has 0 spiro atoms. The molecule has 2 aromatic carbocycles. The number of carbonyl (C=O) groups excluding carboxylic acids is 1. The van der Waals surface area contributed by atoms with Crippen LogP contribution in [0.25, 0.3) is 0 Å². The molecular formula is C20H25N3O4S. The third kappa shape index (κ3) is 4.70. The maximum atomic E-state index is 13.0. The van der Waals surface area contributed by atoms with Crippen molar-refractivity contribution < 1.29 is 17.9 Å². The third-order valence-electron chi connectivity index (χ3n) is 4.64. The molecule has 0 bridgehead atoms. The molecule has 3 rings (SSSR count). The number of nitrogens with zero attached hydrogens (tertiary/aromatic N) is 2. The smallest absolute Gasteiger partial charge is 0.243 e. The Kier molecular flexibility index (Phi) is 6.33. The van der Waals surface area contributed by atoms with Crippen LogP contribution in [0.4, 0.5) is 11.4 Å². The number of aryl methyl sites for hydroxylation is 1. The fraction of sp³-hybridized carbons (Fsp3) is 0.350. The minimum Gasteiger partial charge on any atom is -0.379 e. The molecule has 28 heavy (non-hydrogen) atoms. The number of rotatable bonds is 6. The summed E-state index contributed by atoms with van der Waals surface area (Å²) in [5, 5.41) is 2.80. The van der Waals surface area contributed by atoms with Gasteiger partial charge < -0.3 is 15.0 Å². The first-order valence-corrected chi connectivity index (χ1v) is 10.6. The van der Waals surface area contributed by atoms with Gasteiger partial charge in [0.2, 0.25) is 15.9 Å². The summed E-state index contributed by atoms with van der Waals surface area (Å²) in [7, 11) is -1.79. The number of ether oxygens (including phenoxy) is 1. The highest BCUT2D eigenvalue weighted by atomic mass is 32.2. The zero-order valence-electron chi connectivity index (χ0n) is 16.1. The van der Waals surface area contributed by atoms with Crippen LogP contribution in [0, 0.1) is 6.92 Å². The van der Waals surface area contributed by atoms with Crippen molar-refractivity contribution in [3.05, 3.63) is 54.1 Å². The van der Waals surface area contributed by atoms with E-state index in [0.717, 1.165) is 5.69 Å². The molecule has 7 nitrogen and oxygen atoms in total. The zero-order valence-corrected chi connectivity index (χ0v) is 16.9. The quantitative estimate of drug-likeness (QED) is 0.799. The number of carbonyl (C=O) groups is 1. The summed E-state index contributed by atoms with van der Waals surface area (Å²) in [5.41, 5.74) is 2.03. The summed E-state index contributed by atoms with van der Waals surface area (Å²) in [4.78, 5) is 14.5. The maximum absolute atomic E-state index is 13.0. The minimum atomic E-state index is -3.63. The molecule has 150 valence electrons. The minimum absolute atomic E-state index is 0.156. The topological polar surface area (TPSA) is 79.0 Å². The average molecular weight is 404 g/mol. The van der Waals surface area contributed by atoms with Gasteiger partial charge >= 0.3 is 0 Å². The molecule has 2 aromatic rings. The molecular weight excluding hydrogens is 378 g/mol. The molecule has 0 atom stereocenters. The lowest BCUT2D eigenvalue weighted by molar-refractivity contribution is -0.114. The number of hydrogen-bond acceptors (Lipinski definition) is 5. The first-order chi connectivity index (χ1) is 13.4. The van der Waals surface area contributed by atoms with Crippen molar-refractivity contribution in [2.24, 2.45) is 0 Å². The fourth-order valence-corrected chi connectivity index (χ4v) is 4.73. The molecule has 1 amide bonds. The number of anilines is 2. The standard InChI is InChI=1S/C20H25N3O4S/c1-16-8-9-17(14-19(16)28(25,26)23-10-12-27-13-11-23)21-20(24)15-22(2)18-6-4-3-5-7-18/h3-9,14H,10-13,15H2,1-2H3,(H,21,24). The molecule has 1 N–H and O–H groups in total. The highest BCUT2D eigenvalue weighted by molar-refractivity contribution is 7.89. The van der Waals surface area contributed by atoms with Crippen LogP contribution in [0.1, 0.15) is 5.56 Å². The lowest BCUT2D eigenvalue weighted by atomic mass is 10.2. The van der Waals surface area contributed by atoms with E-state index in [-0.39, 0.29) is 17.3 Å². The predicted octanol–water partition coefficient (Wildman–Crippen LogP) is 2.09. The van der Waals surface area contributed by atoms with E-state index >= 15 is 0 Å². The highest BCUT2D eigenvalue weighted by Crippen LogP contribution is 2.24. The summed E-state index contributed by atoms with van der Waals surface area (Å²) in [6.45, 7) is 3.35. The van der Waals surface area contributed by atoms with E-state index in [1.807, 2.05) is 42.3 Å². The predicted molar refractivity (Wildman–Crippen MR) is 109 cm³/mol. The summed E-state index contributed by atoms with van der Waals surface area (Å²) in [6, 6.07) is 14.5. The van der Waals surface area contributed by atoms with Gasteiger partial charge in [-0.2, -0.15) is 4.31 Å². The highest BCUT2D eigenvalue weighted by Gasteiger charge is 2.28. The van der Waals surface area contributed by atoms with Gasteiger partial charge in [-0.1, -0.05) is 24.3 Å². The zero-order chi connectivity index (χ0) is 20.1. The second kappa shape index (κ2) is 8.72. The summed E-state index contributed by atoms with van der Waals surface area (Å²) >= 11 is 0. The van der Waals surface area contributed by atoms with Gasteiger partial charge in [0.25, 0.3) is 0 Å². The number of sulfonamides is 1. The van der Waals surface area contributed by atoms with Crippen LogP contribution in [0.5, 0.6) is 0 Å². The maximum Gasteiger partial charge on any atom is 0.243 e. The molecule has 1 fully saturated rings. The summed E-state index contributed by atoms with van der Waals surface area (Å²) in [5.74, 6) is -0.218. The Bertz CT molecular complexity index is 926. The lowest BCUT2D eigenvalue weighted by Gasteiger charge is -2.27. The van der Waals surface area contributed by atoms with Crippen LogP contribution in [-0.4, -0.2) is 58.5 Å². The van der Waals surface area contributed by atoms with E-state index in [1.165, 1.54) is 10.4 Å². The Morgan fingerprint density at radius 3 is 2.50 bits per heavy atom. The van der Waals surface area contributed by atoms with E-state index in [1.54, 1.807) is 19.1 Å². The molecule has 0 saturated carbocycles. The first-order valence-electron chi connectivity index (χ1n) is 9.12. The Labute approximate surface area is 166 Å². The Morgan fingerprint density at radius 2 is 1.82 bits per heavy atom. The van der Waals surface area contributed by atoms with Crippen LogP contribution < -0.4 is 10.2 Å². The van der Waals surface area contributed by atoms with Crippen LogP contribution >= 0.6 is 0 Å². The van der Waals surface area contributed by atoms with Crippen molar-refractivity contribution in [2.75, 3.05) is 50.1 Å². The van der Waals surface area contributed by atoms with Gasteiger partial charge in [-0.3, -0.25) is 4.79 Å². The number of nitrogens with one attached hydrogen (secondary N) is 1. The van der Waals surface area contributed by atoms with Crippen molar-refractivity contribution in [1.29, 1.82) is 0 Å². The Hall–Kier alpha value is -2.42.